The minimum atomic E-state index is -0.386. The zero-order valence-corrected chi connectivity index (χ0v) is 14.3. The molecule has 0 unspecified atom stereocenters. The van der Waals surface area contributed by atoms with E-state index in [4.69, 9.17) is 0 Å². The molecule has 7 heteroatoms. The Labute approximate surface area is 148 Å². The molecule has 1 heterocycles. The first kappa shape index (κ1) is 16.8. The fraction of sp³-hybridized carbons (Fsp3) is 0.111. The van der Waals surface area contributed by atoms with Crippen molar-refractivity contribution in [2.75, 3.05) is 5.32 Å². The van der Waals surface area contributed by atoms with Crippen LogP contribution in [-0.4, -0.2) is 22.0 Å². The number of nitrogens with zero attached hydrogens (tertiary/aromatic N) is 2. The summed E-state index contributed by atoms with van der Waals surface area (Å²) in [4.78, 5) is 24.3. The highest BCUT2D eigenvalue weighted by atomic mass is 32.1. The van der Waals surface area contributed by atoms with Crippen LogP contribution in [0.3, 0.4) is 0 Å². The van der Waals surface area contributed by atoms with E-state index in [0.29, 0.717) is 12.2 Å². The standard InChI is InChI=1S/C18H16N4O2S/c1-12-7-9-14(10-8-12)20-16(24)18-22-21-17(25-18)15(23)19-11-13-5-3-2-4-6-13/h2-10H,11H2,1H3,(H,19,23)(H,20,24). The van der Waals surface area contributed by atoms with Gasteiger partial charge in [-0.15, -0.1) is 10.2 Å². The fourth-order valence-electron chi connectivity index (χ4n) is 2.08. The van der Waals surface area contributed by atoms with Crippen molar-refractivity contribution in [1.82, 2.24) is 15.5 Å². The SMILES string of the molecule is Cc1ccc(NC(=O)c2nnc(C(=O)NCc3ccccc3)s2)cc1. The van der Waals surface area contributed by atoms with Gasteiger partial charge < -0.3 is 10.6 Å². The van der Waals surface area contributed by atoms with Crippen molar-refractivity contribution < 1.29 is 9.59 Å². The maximum Gasteiger partial charge on any atom is 0.286 e. The average molecular weight is 352 g/mol. The van der Waals surface area contributed by atoms with Gasteiger partial charge >= 0.3 is 0 Å². The largest absolute Gasteiger partial charge is 0.346 e. The third kappa shape index (κ3) is 4.48. The molecule has 0 aliphatic carbocycles. The first-order valence-corrected chi connectivity index (χ1v) is 8.47. The summed E-state index contributed by atoms with van der Waals surface area (Å²) in [5.74, 6) is -0.737. The summed E-state index contributed by atoms with van der Waals surface area (Å²) in [6, 6.07) is 17.0. The van der Waals surface area contributed by atoms with Crippen LogP contribution < -0.4 is 10.6 Å². The van der Waals surface area contributed by atoms with Crippen LogP contribution in [-0.2, 0) is 6.54 Å². The van der Waals surface area contributed by atoms with Crippen molar-refractivity contribution in [1.29, 1.82) is 0 Å². The van der Waals surface area contributed by atoms with Gasteiger partial charge in [-0.3, -0.25) is 9.59 Å². The number of hydrogen-bond donors (Lipinski definition) is 2. The van der Waals surface area contributed by atoms with Crippen LogP contribution in [0.4, 0.5) is 5.69 Å². The molecule has 0 fully saturated rings. The molecule has 0 aliphatic rings. The van der Waals surface area contributed by atoms with Gasteiger partial charge in [0.1, 0.15) is 0 Å². The van der Waals surface area contributed by atoms with E-state index >= 15 is 0 Å². The predicted octanol–water partition coefficient (Wildman–Crippen LogP) is 3.03. The van der Waals surface area contributed by atoms with Crippen molar-refractivity contribution >= 4 is 28.8 Å². The second-order valence-electron chi connectivity index (χ2n) is 5.40. The molecule has 0 atom stereocenters. The van der Waals surface area contributed by atoms with E-state index in [-0.39, 0.29) is 21.8 Å². The molecular formula is C18H16N4O2S. The van der Waals surface area contributed by atoms with Crippen molar-refractivity contribution in [2.24, 2.45) is 0 Å². The van der Waals surface area contributed by atoms with Crippen molar-refractivity contribution in [3.05, 3.63) is 75.7 Å². The molecule has 2 amide bonds. The van der Waals surface area contributed by atoms with E-state index in [0.717, 1.165) is 22.5 Å². The van der Waals surface area contributed by atoms with Gasteiger partial charge in [-0.2, -0.15) is 0 Å². The molecule has 126 valence electrons. The van der Waals surface area contributed by atoms with Crippen LogP contribution in [0.15, 0.2) is 54.6 Å². The quantitative estimate of drug-likeness (QED) is 0.739. The zero-order chi connectivity index (χ0) is 17.6. The van der Waals surface area contributed by atoms with Crippen LogP contribution >= 0.6 is 11.3 Å². The minimum absolute atomic E-state index is 0.144. The third-order valence-electron chi connectivity index (χ3n) is 3.42. The van der Waals surface area contributed by atoms with Gasteiger partial charge in [0.25, 0.3) is 11.8 Å². The summed E-state index contributed by atoms with van der Waals surface area (Å²) in [5.41, 5.74) is 2.75. The van der Waals surface area contributed by atoms with Gasteiger partial charge in [0.05, 0.1) is 0 Å². The lowest BCUT2D eigenvalue weighted by Gasteiger charge is -2.03. The number of anilines is 1. The highest BCUT2D eigenvalue weighted by molar-refractivity contribution is 7.15. The van der Waals surface area contributed by atoms with Crippen molar-refractivity contribution in [2.45, 2.75) is 13.5 Å². The number of aryl methyl sites for hydroxylation is 1. The Morgan fingerprint density at radius 1 is 0.920 bits per heavy atom. The summed E-state index contributed by atoms with van der Waals surface area (Å²) in [5, 5.41) is 13.4. The molecule has 6 nitrogen and oxygen atoms in total. The van der Waals surface area contributed by atoms with Crippen LogP contribution in [0, 0.1) is 6.92 Å². The Kier molecular flexibility index (Phi) is 5.15. The Hall–Kier alpha value is -3.06. The number of hydrogen-bond acceptors (Lipinski definition) is 5. The summed E-state index contributed by atoms with van der Waals surface area (Å²) >= 11 is 0.960. The molecule has 1 aromatic heterocycles. The van der Waals surface area contributed by atoms with E-state index in [2.05, 4.69) is 20.8 Å². The number of benzene rings is 2. The molecule has 0 saturated carbocycles. The third-order valence-corrected chi connectivity index (χ3v) is 4.34. The van der Waals surface area contributed by atoms with Gasteiger partial charge in [-0.1, -0.05) is 59.4 Å². The summed E-state index contributed by atoms with van der Waals surface area (Å²) in [6.07, 6.45) is 0. The van der Waals surface area contributed by atoms with E-state index in [1.165, 1.54) is 0 Å². The maximum absolute atomic E-state index is 12.2. The zero-order valence-electron chi connectivity index (χ0n) is 13.5. The minimum Gasteiger partial charge on any atom is -0.346 e. The number of carbonyl (C=O) groups excluding carboxylic acids is 2. The summed E-state index contributed by atoms with van der Waals surface area (Å²) in [7, 11) is 0. The maximum atomic E-state index is 12.2. The molecule has 0 saturated heterocycles. The Morgan fingerprint density at radius 3 is 2.24 bits per heavy atom. The molecule has 2 N–H and O–H groups in total. The van der Waals surface area contributed by atoms with E-state index in [9.17, 15) is 9.59 Å². The number of nitrogens with one attached hydrogen (secondary N) is 2. The molecule has 2 aromatic carbocycles. The fourth-order valence-corrected chi connectivity index (χ4v) is 2.74. The number of carbonyl (C=O) groups is 2. The lowest BCUT2D eigenvalue weighted by atomic mass is 10.2. The second-order valence-corrected chi connectivity index (χ2v) is 6.38. The first-order chi connectivity index (χ1) is 12.1. The van der Waals surface area contributed by atoms with Crippen LogP contribution in [0.25, 0.3) is 0 Å². The molecule has 3 rings (SSSR count). The summed E-state index contributed by atoms with van der Waals surface area (Å²) in [6.45, 7) is 2.36. The van der Waals surface area contributed by atoms with Crippen LogP contribution in [0.1, 0.15) is 30.7 Å². The van der Waals surface area contributed by atoms with Gasteiger partial charge in [0.15, 0.2) is 0 Å². The van der Waals surface area contributed by atoms with E-state index < -0.39 is 0 Å². The lowest BCUT2D eigenvalue weighted by Crippen LogP contribution is -2.22. The molecule has 0 radical (unpaired) electrons. The molecule has 0 spiro atoms. The predicted molar refractivity (Wildman–Crippen MR) is 96.7 cm³/mol. The molecule has 0 aliphatic heterocycles. The normalized spacial score (nSPS) is 10.3. The number of aromatic nitrogens is 2. The smallest absolute Gasteiger partial charge is 0.286 e. The highest BCUT2D eigenvalue weighted by Crippen LogP contribution is 2.14. The lowest BCUT2D eigenvalue weighted by molar-refractivity contribution is 0.0948. The van der Waals surface area contributed by atoms with Gasteiger partial charge in [0.2, 0.25) is 10.0 Å². The van der Waals surface area contributed by atoms with Crippen LogP contribution in [0.5, 0.6) is 0 Å². The summed E-state index contributed by atoms with van der Waals surface area (Å²) < 4.78 is 0. The molecule has 0 bridgehead atoms. The van der Waals surface area contributed by atoms with E-state index in [1.807, 2.05) is 61.5 Å². The average Bonchev–Trinajstić information content (AvgIpc) is 3.13. The van der Waals surface area contributed by atoms with Gasteiger partial charge in [0, 0.05) is 12.2 Å². The Morgan fingerprint density at radius 2 is 1.56 bits per heavy atom. The Bertz CT molecular complexity index is 876. The highest BCUT2D eigenvalue weighted by Gasteiger charge is 2.17. The van der Waals surface area contributed by atoms with Gasteiger partial charge in [-0.25, -0.2) is 0 Å². The number of rotatable bonds is 5. The molecule has 3 aromatic rings. The van der Waals surface area contributed by atoms with Crippen molar-refractivity contribution in [3.63, 3.8) is 0 Å². The van der Waals surface area contributed by atoms with Gasteiger partial charge in [-0.05, 0) is 24.6 Å². The first-order valence-electron chi connectivity index (χ1n) is 7.65. The molecule has 25 heavy (non-hydrogen) atoms. The second kappa shape index (κ2) is 7.67. The van der Waals surface area contributed by atoms with Crippen LogP contribution in [0.2, 0.25) is 0 Å². The monoisotopic (exact) mass is 352 g/mol. The number of amides is 2. The van der Waals surface area contributed by atoms with Crippen molar-refractivity contribution in [3.8, 4) is 0 Å². The molecular weight excluding hydrogens is 336 g/mol. The topological polar surface area (TPSA) is 84.0 Å². The Balaban J connectivity index is 1.60. The van der Waals surface area contributed by atoms with E-state index in [1.54, 1.807) is 0 Å².